The zero-order valence-electron chi connectivity index (χ0n) is 18.6. The molecule has 1 aliphatic carbocycles. The van der Waals surface area contributed by atoms with E-state index in [1.54, 1.807) is 6.20 Å². The van der Waals surface area contributed by atoms with E-state index < -0.39 is 0 Å². The summed E-state index contributed by atoms with van der Waals surface area (Å²) in [7, 11) is 1.90. The maximum absolute atomic E-state index is 12.9. The lowest BCUT2D eigenvalue weighted by atomic mass is 10.00. The summed E-state index contributed by atoms with van der Waals surface area (Å²) in [4.78, 5) is 20.5. The highest BCUT2D eigenvalue weighted by molar-refractivity contribution is 8.04. The van der Waals surface area contributed by atoms with Gasteiger partial charge >= 0.3 is 0 Å². The quantitative estimate of drug-likeness (QED) is 0.463. The number of pyridine rings is 1. The van der Waals surface area contributed by atoms with Crippen LogP contribution in [0.2, 0.25) is 0 Å². The fraction of sp³-hybridized carbons (Fsp3) is 0.520. The maximum atomic E-state index is 12.9. The minimum atomic E-state index is -0.00579. The Morgan fingerprint density at radius 2 is 1.77 bits per heavy atom. The van der Waals surface area contributed by atoms with E-state index >= 15 is 0 Å². The smallest absolute Gasteiger partial charge is 0.232 e. The lowest BCUT2D eigenvalue weighted by Gasteiger charge is -2.32. The highest BCUT2D eigenvalue weighted by Crippen LogP contribution is 2.41. The summed E-state index contributed by atoms with van der Waals surface area (Å²) in [5.41, 5.74) is 2.38. The fourth-order valence-electron chi connectivity index (χ4n) is 3.93. The van der Waals surface area contributed by atoms with E-state index in [-0.39, 0.29) is 11.9 Å². The molecule has 0 aliphatic heterocycles. The van der Waals surface area contributed by atoms with Gasteiger partial charge in [0.1, 0.15) is 0 Å². The van der Waals surface area contributed by atoms with Crippen LogP contribution in [0.3, 0.4) is 0 Å². The molecular formula is C25H34N2OS2. The number of aromatic nitrogens is 1. The molecule has 1 aliphatic rings. The van der Waals surface area contributed by atoms with Crippen LogP contribution >= 0.6 is 23.5 Å². The molecule has 0 bridgehead atoms. The van der Waals surface area contributed by atoms with Crippen molar-refractivity contribution in [3.05, 3.63) is 59.9 Å². The molecule has 30 heavy (non-hydrogen) atoms. The molecule has 1 saturated carbocycles. The van der Waals surface area contributed by atoms with Crippen molar-refractivity contribution in [2.75, 3.05) is 12.8 Å². The maximum Gasteiger partial charge on any atom is 0.232 e. The Morgan fingerprint density at radius 3 is 2.47 bits per heavy atom. The van der Waals surface area contributed by atoms with Gasteiger partial charge in [-0.15, -0.1) is 23.5 Å². The molecule has 162 valence electrons. The van der Waals surface area contributed by atoms with Crippen molar-refractivity contribution in [1.82, 2.24) is 9.88 Å². The van der Waals surface area contributed by atoms with Crippen molar-refractivity contribution in [3.63, 3.8) is 0 Å². The van der Waals surface area contributed by atoms with Gasteiger partial charge in [-0.05, 0) is 49.4 Å². The second-order valence-corrected chi connectivity index (χ2v) is 10.9. The van der Waals surface area contributed by atoms with Crippen molar-refractivity contribution >= 4 is 29.4 Å². The lowest BCUT2D eigenvalue weighted by Crippen LogP contribution is -2.33. The van der Waals surface area contributed by atoms with Gasteiger partial charge in [-0.25, -0.2) is 0 Å². The summed E-state index contributed by atoms with van der Waals surface area (Å²) in [6.45, 7) is 6.58. The molecular weight excluding hydrogens is 408 g/mol. The molecule has 0 radical (unpaired) electrons. The molecule has 1 aromatic carbocycles. The highest BCUT2D eigenvalue weighted by Gasteiger charge is 2.29. The molecule has 3 nitrogen and oxygen atoms in total. The minimum absolute atomic E-state index is 0.00579. The minimum Gasteiger partial charge on any atom is -0.337 e. The van der Waals surface area contributed by atoms with Crippen LogP contribution in [-0.2, 0) is 4.79 Å². The first-order chi connectivity index (χ1) is 14.5. The SMILES string of the molecule is CC(C)c1ccccc1SC1CCCCC1SCC(=O)N(C)C(C)c1ccccn1. The van der Waals surface area contributed by atoms with Crippen LogP contribution in [0.25, 0.3) is 0 Å². The molecule has 3 rings (SSSR count). The fourth-order valence-corrected chi connectivity index (χ4v) is 7.08. The second-order valence-electron chi connectivity index (χ2n) is 8.42. The van der Waals surface area contributed by atoms with Gasteiger partial charge in [-0.1, -0.05) is 51.0 Å². The molecule has 1 fully saturated rings. The Morgan fingerprint density at radius 1 is 1.07 bits per heavy atom. The lowest BCUT2D eigenvalue weighted by molar-refractivity contribution is -0.129. The largest absolute Gasteiger partial charge is 0.337 e. The zero-order chi connectivity index (χ0) is 21.5. The molecule has 3 atom stereocenters. The van der Waals surface area contributed by atoms with Gasteiger partial charge in [-0.3, -0.25) is 9.78 Å². The first-order valence-corrected chi connectivity index (χ1v) is 12.9. The van der Waals surface area contributed by atoms with Crippen LogP contribution < -0.4 is 0 Å². The summed E-state index contributed by atoms with van der Waals surface area (Å²) in [6.07, 6.45) is 6.80. The summed E-state index contributed by atoms with van der Waals surface area (Å²) < 4.78 is 0. The average Bonchev–Trinajstić information content (AvgIpc) is 2.78. The van der Waals surface area contributed by atoms with Gasteiger partial charge in [0.15, 0.2) is 0 Å². The number of rotatable bonds is 8. The van der Waals surface area contributed by atoms with Crippen molar-refractivity contribution in [2.24, 2.45) is 0 Å². The standard InChI is InChI=1S/C25H34N2OS2/c1-18(2)20-11-5-6-13-22(20)30-24-15-8-7-14-23(24)29-17-25(28)27(4)19(3)21-12-9-10-16-26-21/h5-6,9-13,16,18-19,23-24H,7-8,14-15,17H2,1-4H3. The number of nitrogens with zero attached hydrogens (tertiary/aromatic N) is 2. The van der Waals surface area contributed by atoms with E-state index in [4.69, 9.17) is 0 Å². The Balaban J connectivity index is 1.60. The number of carbonyl (C=O) groups excluding carboxylic acids is 1. The van der Waals surface area contributed by atoms with Crippen LogP contribution in [0.15, 0.2) is 53.6 Å². The van der Waals surface area contributed by atoms with Crippen molar-refractivity contribution < 1.29 is 4.79 Å². The predicted molar refractivity (Wildman–Crippen MR) is 130 cm³/mol. The molecule has 1 heterocycles. The van der Waals surface area contributed by atoms with Gasteiger partial charge in [0, 0.05) is 28.6 Å². The second kappa shape index (κ2) is 11.2. The third kappa shape index (κ3) is 6.04. The molecule has 0 spiro atoms. The van der Waals surface area contributed by atoms with E-state index in [0.29, 0.717) is 22.2 Å². The third-order valence-electron chi connectivity index (χ3n) is 5.97. The molecule has 5 heteroatoms. The zero-order valence-corrected chi connectivity index (χ0v) is 20.2. The summed E-state index contributed by atoms with van der Waals surface area (Å²) in [6, 6.07) is 14.7. The van der Waals surface area contributed by atoms with Crippen molar-refractivity contribution in [3.8, 4) is 0 Å². The third-order valence-corrected chi connectivity index (χ3v) is 9.04. The molecule has 2 aromatic rings. The van der Waals surface area contributed by atoms with Crippen molar-refractivity contribution in [1.29, 1.82) is 0 Å². The van der Waals surface area contributed by atoms with Crippen LogP contribution in [0.4, 0.5) is 0 Å². The highest BCUT2D eigenvalue weighted by atomic mass is 32.2. The molecule has 0 N–H and O–H groups in total. The van der Waals surface area contributed by atoms with Crippen LogP contribution in [0.1, 0.15) is 69.7 Å². The summed E-state index contributed by atoms with van der Waals surface area (Å²) in [5, 5.41) is 1.11. The predicted octanol–water partition coefficient (Wildman–Crippen LogP) is 6.56. The van der Waals surface area contributed by atoms with E-state index in [0.717, 1.165) is 5.69 Å². The number of thioether (sulfide) groups is 2. The van der Waals surface area contributed by atoms with Crippen molar-refractivity contribution in [2.45, 2.75) is 73.8 Å². The van der Waals surface area contributed by atoms with Crippen LogP contribution in [0, 0.1) is 0 Å². The van der Waals surface area contributed by atoms with E-state index in [1.807, 2.05) is 60.6 Å². The Kier molecular flexibility index (Phi) is 8.70. The van der Waals surface area contributed by atoms with Gasteiger partial charge in [0.05, 0.1) is 17.5 Å². The molecule has 3 unspecified atom stereocenters. The first-order valence-electron chi connectivity index (χ1n) is 11.0. The van der Waals surface area contributed by atoms with Crippen LogP contribution in [-0.4, -0.2) is 39.1 Å². The molecule has 0 saturated heterocycles. The Bertz CT molecular complexity index is 812. The monoisotopic (exact) mass is 442 g/mol. The Hall–Kier alpha value is -1.46. The van der Waals surface area contributed by atoms with E-state index in [9.17, 15) is 4.79 Å². The normalized spacial score (nSPS) is 20.2. The number of hydrogen-bond donors (Lipinski definition) is 0. The van der Waals surface area contributed by atoms with Gasteiger partial charge in [0.25, 0.3) is 0 Å². The van der Waals surface area contributed by atoms with E-state index in [2.05, 4.69) is 43.1 Å². The van der Waals surface area contributed by atoms with Gasteiger partial charge in [-0.2, -0.15) is 0 Å². The number of amides is 1. The molecule has 1 aromatic heterocycles. The average molecular weight is 443 g/mol. The Labute approximate surface area is 190 Å². The van der Waals surface area contributed by atoms with Gasteiger partial charge < -0.3 is 4.90 Å². The number of carbonyl (C=O) groups is 1. The van der Waals surface area contributed by atoms with Crippen LogP contribution in [0.5, 0.6) is 0 Å². The number of hydrogen-bond acceptors (Lipinski definition) is 4. The summed E-state index contributed by atoms with van der Waals surface area (Å²) in [5.74, 6) is 1.27. The van der Waals surface area contributed by atoms with Gasteiger partial charge in [0.2, 0.25) is 5.91 Å². The topological polar surface area (TPSA) is 33.2 Å². The molecule has 1 amide bonds. The summed E-state index contributed by atoms with van der Waals surface area (Å²) >= 11 is 3.89. The number of benzene rings is 1. The first kappa shape index (κ1) is 23.2. The van der Waals surface area contributed by atoms with E-state index in [1.165, 1.54) is 36.1 Å².